The van der Waals surface area contributed by atoms with E-state index in [1.807, 2.05) is 30.3 Å². The van der Waals surface area contributed by atoms with Gasteiger partial charge in [-0.15, -0.1) is 0 Å². The number of rotatable bonds is 13. The van der Waals surface area contributed by atoms with Gasteiger partial charge in [-0.3, -0.25) is 9.69 Å². The highest BCUT2D eigenvalue weighted by Gasteiger charge is 2.12. The van der Waals surface area contributed by atoms with Crippen LogP contribution in [0.15, 0.2) is 30.3 Å². The van der Waals surface area contributed by atoms with E-state index in [4.69, 9.17) is 20.1 Å². The lowest BCUT2D eigenvalue weighted by Crippen LogP contribution is -2.37. The minimum Gasteiger partial charge on any atom is -0.480 e. The van der Waals surface area contributed by atoms with Crippen molar-refractivity contribution in [3.63, 3.8) is 0 Å². The van der Waals surface area contributed by atoms with E-state index in [1.165, 1.54) is 4.90 Å². The minimum atomic E-state index is -1.54. The number of hydrogen-bond donors (Lipinski definition) is 4. The highest BCUT2D eigenvalue weighted by molar-refractivity contribution is 5.69. The number of carbonyl (C=O) groups excluding carboxylic acids is 1. The summed E-state index contributed by atoms with van der Waals surface area (Å²) in [5, 5.41) is 29.4. The van der Waals surface area contributed by atoms with E-state index in [-0.39, 0.29) is 19.7 Å². The number of aliphatic hydroxyl groups is 2. The Morgan fingerprint density at radius 3 is 2.42 bits per heavy atom. The van der Waals surface area contributed by atoms with Crippen LogP contribution in [0.25, 0.3) is 0 Å². The van der Waals surface area contributed by atoms with Crippen molar-refractivity contribution in [1.82, 2.24) is 10.2 Å². The van der Waals surface area contributed by atoms with Crippen LogP contribution in [-0.4, -0.2) is 64.8 Å². The van der Waals surface area contributed by atoms with Gasteiger partial charge in [-0.2, -0.15) is 0 Å². The second-order valence-electron chi connectivity index (χ2n) is 6.01. The Hall–Kier alpha value is -2.16. The molecule has 4 N–H and O–H groups in total. The van der Waals surface area contributed by atoms with Gasteiger partial charge in [-0.25, -0.2) is 4.79 Å². The molecule has 1 amide bonds. The quantitative estimate of drug-likeness (QED) is 0.305. The molecule has 0 aromatic heterocycles. The van der Waals surface area contributed by atoms with Crippen LogP contribution in [0.5, 0.6) is 0 Å². The molecule has 0 aliphatic heterocycles. The normalized spacial score (nSPS) is 10.9. The van der Waals surface area contributed by atoms with Crippen LogP contribution in [0.4, 0.5) is 4.79 Å². The Morgan fingerprint density at radius 1 is 1.08 bits per heavy atom. The monoisotopic (exact) mass is 368 g/mol. The third-order valence-electron chi connectivity index (χ3n) is 3.66. The van der Waals surface area contributed by atoms with Gasteiger partial charge in [-0.1, -0.05) is 43.2 Å². The average Bonchev–Trinajstić information content (AvgIpc) is 2.59. The Kier molecular flexibility index (Phi) is 11.0. The molecule has 146 valence electrons. The van der Waals surface area contributed by atoms with E-state index in [2.05, 4.69) is 5.32 Å². The summed E-state index contributed by atoms with van der Waals surface area (Å²) in [7, 11) is 0. The fourth-order valence-electron chi connectivity index (χ4n) is 2.44. The van der Waals surface area contributed by atoms with Gasteiger partial charge in [0, 0.05) is 13.1 Å². The zero-order valence-electron chi connectivity index (χ0n) is 14.8. The number of nitrogens with zero attached hydrogens (tertiary/aromatic N) is 1. The predicted octanol–water partition coefficient (Wildman–Crippen LogP) is 1.17. The number of alkyl carbamates (subject to hydrolysis) is 1. The van der Waals surface area contributed by atoms with Crippen molar-refractivity contribution >= 4 is 12.1 Å². The molecule has 26 heavy (non-hydrogen) atoms. The number of carbonyl (C=O) groups is 2. The van der Waals surface area contributed by atoms with Crippen LogP contribution in [0.3, 0.4) is 0 Å². The Morgan fingerprint density at radius 2 is 1.77 bits per heavy atom. The lowest BCUT2D eigenvalue weighted by atomic mass is 10.2. The van der Waals surface area contributed by atoms with Gasteiger partial charge in [0.2, 0.25) is 0 Å². The highest BCUT2D eigenvalue weighted by atomic mass is 16.5. The standard InChI is InChI=1S/C18H28N2O6/c21-16(22)12-20(13-17(23)24)11-7-2-1-6-10-19-18(25)26-14-15-8-4-3-5-9-15/h3-5,8-9,16,21-22H,1-2,6-7,10-14H2,(H,19,25)(H,23,24). The molecule has 0 spiro atoms. The average molecular weight is 368 g/mol. The van der Waals surface area contributed by atoms with Crippen molar-refractivity contribution < 1.29 is 29.6 Å². The molecule has 0 bridgehead atoms. The minimum absolute atomic E-state index is 0.0822. The summed E-state index contributed by atoms with van der Waals surface area (Å²) < 4.78 is 5.10. The van der Waals surface area contributed by atoms with Gasteiger partial charge >= 0.3 is 12.1 Å². The summed E-state index contributed by atoms with van der Waals surface area (Å²) in [5.74, 6) is -0.996. The Labute approximate surface area is 153 Å². The first-order chi connectivity index (χ1) is 12.5. The van der Waals surface area contributed by atoms with Crippen molar-refractivity contribution in [1.29, 1.82) is 0 Å². The smallest absolute Gasteiger partial charge is 0.407 e. The lowest BCUT2D eigenvalue weighted by Gasteiger charge is -2.20. The summed E-state index contributed by atoms with van der Waals surface area (Å²) in [5.41, 5.74) is 0.932. The molecule has 0 fully saturated rings. The molecule has 0 heterocycles. The van der Waals surface area contributed by atoms with Crippen molar-refractivity contribution in [2.24, 2.45) is 0 Å². The topological polar surface area (TPSA) is 119 Å². The van der Waals surface area contributed by atoms with Gasteiger partial charge in [0.15, 0.2) is 6.29 Å². The van der Waals surface area contributed by atoms with Crippen molar-refractivity contribution in [2.75, 3.05) is 26.2 Å². The van der Waals surface area contributed by atoms with Gasteiger partial charge < -0.3 is 25.4 Å². The molecule has 0 aliphatic carbocycles. The van der Waals surface area contributed by atoms with Gasteiger partial charge in [0.25, 0.3) is 0 Å². The van der Waals surface area contributed by atoms with E-state index in [0.29, 0.717) is 13.1 Å². The van der Waals surface area contributed by atoms with Crippen LogP contribution in [0.1, 0.15) is 31.2 Å². The molecular formula is C18H28N2O6. The molecule has 0 radical (unpaired) electrons. The van der Waals surface area contributed by atoms with E-state index in [9.17, 15) is 9.59 Å². The number of benzene rings is 1. The molecule has 8 heteroatoms. The summed E-state index contributed by atoms with van der Waals surface area (Å²) in [6, 6.07) is 9.44. The van der Waals surface area contributed by atoms with Crippen molar-refractivity contribution in [3.05, 3.63) is 35.9 Å². The van der Waals surface area contributed by atoms with Gasteiger partial charge in [-0.05, 0) is 24.9 Å². The van der Waals surface area contributed by atoms with Crippen LogP contribution >= 0.6 is 0 Å². The SMILES string of the molecule is O=C(O)CN(CCCCCCNC(=O)OCc1ccccc1)CC(O)O. The van der Waals surface area contributed by atoms with Gasteiger partial charge in [0.05, 0.1) is 6.54 Å². The highest BCUT2D eigenvalue weighted by Crippen LogP contribution is 2.03. The first kappa shape index (κ1) is 21.9. The zero-order chi connectivity index (χ0) is 19.2. The van der Waals surface area contributed by atoms with Crippen molar-refractivity contribution in [2.45, 2.75) is 38.6 Å². The third-order valence-corrected chi connectivity index (χ3v) is 3.66. The number of nitrogens with one attached hydrogen (secondary N) is 1. The second kappa shape index (κ2) is 13.1. The molecule has 1 rings (SSSR count). The molecule has 0 atom stereocenters. The number of hydrogen-bond acceptors (Lipinski definition) is 6. The Balaban J connectivity index is 2.03. The van der Waals surface area contributed by atoms with E-state index >= 15 is 0 Å². The number of carboxylic acid groups (broad SMARTS) is 1. The largest absolute Gasteiger partial charge is 0.480 e. The molecule has 1 aromatic carbocycles. The number of aliphatic carboxylic acids is 1. The number of aliphatic hydroxyl groups excluding tert-OH is 1. The summed E-state index contributed by atoms with van der Waals surface area (Å²) in [6.45, 7) is 0.939. The first-order valence-electron chi connectivity index (χ1n) is 8.72. The molecule has 1 aromatic rings. The van der Waals surface area contributed by atoms with Crippen LogP contribution in [-0.2, 0) is 16.1 Å². The summed E-state index contributed by atoms with van der Waals surface area (Å²) in [6.07, 6.45) is 1.29. The van der Waals surface area contributed by atoms with Crippen molar-refractivity contribution in [3.8, 4) is 0 Å². The lowest BCUT2D eigenvalue weighted by molar-refractivity contribution is -0.139. The summed E-state index contributed by atoms with van der Waals surface area (Å²) in [4.78, 5) is 23.8. The third kappa shape index (κ3) is 11.4. The van der Waals surface area contributed by atoms with Crippen LogP contribution in [0, 0.1) is 0 Å². The molecule has 0 unspecified atom stereocenters. The maximum atomic E-state index is 11.6. The number of carboxylic acids is 1. The molecule has 0 saturated heterocycles. The maximum Gasteiger partial charge on any atom is 0.407 e. The number of amides is 1. The fraction of sp³-hybridized carbons (Fsp3) is 0.556. The fourth-order valence-corrected chi connectivity index (χ4v) is 2.44. The second-order valence-corrected chi connectivity index (χ2v) is 6.01. The molecular weight excluding hydrogens is 340 g/mol. The molecule has 8 nitrogen and oxygen atoms in total. The van der Waals surface area contributed by atoms with Gasteiger partial charge in [0.1, 0.15) is 6.61 Å². The van der Waals surface area contributed by atoms with E-state index < -0.39 is 18.4 Å². The predicted molar refractivity (Wildman–Crippen MR) is 95.4 cm³/mol. The number of ether oxygens (including phenoxy) is 1. The summed E-state index contributed by atoms with van der Waals surface area (Å²) >= 11 is 0. The maximum absolute atomic E-state index is 11.6. The number of unbranched alkanes of at least 4 members (excludes halogenated alkanes) is 3. The zero-order valence-corrected chi connectivity index (χ0v) is 14.8. The molecule has 0 saturated carbocycles. The van der Waals surface area contributed by atoms with E-state index in [0.717, 1.165) is 31.2 Å². The van der Waals surface area contributed by atoms with Crippen LogP contribution in [0.2, 0.25) is 0 Å². The van der Waals surface area contributed by atoms with Crippen LogP contribution < -0.4 is 5.32 Å². The molecule has 0 aliphatic rings. The first-order valence-corrected chi connectivity index (χ1v) is 8.72. The van der Waals surface area contributed by atoms with E-state index in [1.54, 1.807) is 0 Å². The Bertz CT molecular complexity index is 524.